The summed E-state index contributed by atoms with van der Waals surface area (Å²) in [4.78, 5) is 15.8. The number of ether oxygens (including phenoxy) is 4. The summed E-state index contributed by atoms with van der Waals surface area (Å²) in [6.07, 6.45) is -0.341. The van der Waals surface area contributed by atoms with E-state index in [1.54, 1.807) is 23.1 Å². The van der Waals surface area contributed by atoms with Gasteiger partial charge < -0.3 is 28.7 Å². The lowest BCUT2D eigenvalue weighted by Gasteiger charge is -2.52. The molecule has 0 N–H and O–H groups in total. The molecule has 0 aliphatic carbocycles. The van der Waals surface area contributed by atoms with Gasteiger partial charge >= 0.3 is 6.09 Å². The van der Waals surface area contributed by atoms with E-state index in [9.17, 15) is 13.6 Å². The van der Waals surface area contributed by atoms with Crippen LogP contribution in [0, 0.1) is 28.4 Å². The van der Waals surface area contributed by atoms with E-state index >= 15 is 0 Å². The van der Waals surface area contributed by atoms with Crippen LogP contribution in [-0.4, -0.2) is 62.8 Å². The number of methoxy groups -OCH3 is 1. The number of amides is 1. The van der Waals surface area contributed by atoms with Gasteiger partial charge in [0.2, 0.25) is 0 Å². The van der Waals surface area contributed by atoms with Crippen LogP contribution < -0.4 is 9.64 Å². The van der Waals surface area contributed by atoms with Crippen LogP contribution in [0.25, 0.3) is 0 Å². The van der Waals surface area contributed by atoms with Gasteiger partial charge in [0, 0.05) is 38.3 Å². The van der Waals surface area contributed by atoms with Crippen molar-refractivity contribution in [3.63, 3.8) is 0 Å². The molecule has 0 radical (unpaired) electrons. The Kier molecular flexibility index (Phi) is 8.09. The summed E-state index contributed by atoms with van der Waals surface area (Å²) >= 11 is 0. The molecule has 4 rings (SSSR count). The zero-order valence-corrected chi connectivity index (χ0v) is 22.1. The lowest BCUT2D eigenvalue weighted by atomic mass is 9.81. The fraction of sp³-hybridized carbons (Fsp3) is 0.500. The van der Waals surface area contributed by atoms with Gasteiger partial charge in [0.15, 0.2) is 17.9 Å². The SMILES string of the molecule is COc1ccc(CN(CCC2OCC3(CO2)CN(C(=O)OC(C)(C)C)C3)c2ccc(C#N)c(F)c2)cc1F. The maximum atomic E-state index is 14.4. The van der Waals surface area contributed by atoms with Gasteiger partial charge in [-0.05, 0) is 56.7 Å². The Morgan fingerprint density at radius 2 is 1.87 bits per heavy atom. The summed E-state index contributed by atoms with van der Waals surface area (Å²) in [7, 11) is 1.40. The van der Waals surface area contributed by atoms with Crippen LogP contribution in [-0.2, 0) is 20.8 Å². The summed E-state index contributed by atoms with van der Waals surface area (Å²) in [6.45, 7) is 8.14. The number of anilines is 1. The van der Waals surface area contributed by atoms with Crippen molar-refractivity contribution in [3.8, 4) is 11.8 Å². The van der Waals surface area contributed by atoms with Crippen LogP contribution in [0.2, 0.25) is 0 Å². The molecule has 2 heterocycles. The molecule has 2 aromatic rings. The van der Waals surface area contributed by atoms with Crippen LogP contribution >= 0.6 is 0 Å². The van der Waals surface area contributed by atoms with Crippen molar-refractivity contribution in [2.75, 3.05) is 44.9 Å². The molecule has 2 aliphatic heterocycles. The molecule has 0 aromatic heterocycles. The van der Waals surface area contributed by atoms with Crippen molar-refractivity contribution in [2.24, 2.45) is 5.41 Å². The smallest absolute Gasteiger partial charge is 0.410 e. The van der Waals surface area contributed by atoms with Gasteiger partial charge in [-0.2, -0.15) is 5.26 Å². The molecule has 0 unspecified atom stereocenters. The highest BCUT2D eigenvalue weighted by Gasteiger charge is 2.49. The van der Waals surface area contributed by atoms with E-state index in [4.69, 9.17) is 24.2 Å². The van der Waals surface area contributed by atoms with Gasteiger partial charge in [-0.15, -0.1) is 0 Å². The minimum atomic E-state index is -0.623. The largest absolute Gasteiger partial charge is 0.494 e. The highest BCUT2D eigenvalue weighted by atomic mass is 19.1. The topological polar surface area (TPSA) is 84.3 Å². The number of hydrogen-bond donors (Lipinski definition) is 0. The Balaban J connectivity index is 1.36. The Bertz CT molecular complexity index is 1190. The Labute approximate surface area is 221 Å². The molecular formula is C28H33F2N3O5. The first-order valence-corrected chi connectivity index (χ1v) is 12.5. The van der Waals surface area contributed by atoms with E-state index in [0.29, 0.717) is 57.1 Å². The first kappa shape index (κ1) is 27.6. The van der Waals surface area contributed by atoms with Crippen molar-refractivity contribution < 1.29 is 32.5 Å². The molecule has 2 fully saturated rings. The predicted molar refractivity (Wildman–Crippen MR) is 136 cm³/mol. The van der Waals surface area contributed by atoms with Crippen molar-refractivity contribution in [1.82, 2.24) is 4.90 Å². The molecular weight excluding hydrogens is 496 g/mol. The summed E-state index contributed by atoms with van der Waals surface area (Å²) in [5.74, 6) is -0.965. The quantitative estimate of drug-likeness (QED) is 0.507. The number of rotatable bonds is 7. The number of nitriles is 1. The fourth-order valence-electron chi connectivity index (χ4n) is 4.58. The van der Waals surface area contributed by atoms with E-state index in [1.165, 1.54) is 25.3 Å². The van der Waals surface area contributed by atoms with Crippen molar-refractivity contribution in [2.45, 2.75) is 45.6 Å². The Morgan fingerprint density at radius 3 is 2.45 bits per heavy atom. The van der Waals surface area contributed by atoms with E-state index in [-0.39, 0.29) is 22.8 Å². The standard InChI is InChI=1S/C28H33F2N3O5/c1-27(2,3)38-26(34)33-15-28(16-33)17-36-25(37-18-28)9-10-32(21-7-6-20(13-31)22(29)12-21)14-19-5-8-24(35-4)23(30)11-19/h5-8,11-12,25H,9-10,14-18H2,1-4H3. The minimum absolute atomic E-state index is 0.0469. The number of likely N-dealkylation sites (tertiary alicyclic amines) is 1. The van der Waals surface area contributed by atoms with E-state index in [1.807, 2.05) is 31.7 Å². The predicted octanol–water partition coefficient (Wildman–Crippen LogP) is 4.85. The number of hydrogen-bond acceptors (Lipinski definition) is 7. The molecule has 0 atom stereocenters. The summed E-state index contributed by atoms with van der Waals surface area (Å²) in [5, 5.41) is 9.08. The lowest BCUT2D eigenvalue weighted by Crippen LogP contribution is -2.65. The first-order valence-electron chi connectivity index (χ1n) is 12.5. The highest BCUT2D eigenvalue weighted by molar-refractivity contribution is 5.69. The molecule has 2 aromatic carbocycles. The number of benzene rings is 2. The summed E-state index contributed by atoms with van der Waals surface area (Å²) in [5.41, 5.74) is 0.385. The molecule has 10 heteroatoms. The van der Waals surface area contributed by atoms with Crippen LogP contribution in [0.5, 0.6) is 5.75 Å². The molecule has 2 saturated heterocycles. The monoisotopic (exact) mass is 529 g/mol. The van der Waals surface area contributed by atoms with Crippen molar-refractivity contribution in [3.05, 3.63) is 59.2 Å². The number of nitrogens with zero attached hydrogens (tertiary/aromatic N) is 3. The molecule has 1 spiro atoms. The molecule has 0 bridgehead atoms. The second kappa shape index (κ2) is 11.1. The van der Waals surface area contributed by atoms with E-state index in [0.717, 1.165) is 0 Å². The van der Waals surface area contributed by atoms with Crippen LogP contribution in [0.15, 0.2) is 36.4 Å². The maximum absolute atomic E-state index is 14.4. The molecule has 2 aliphatic rings. The fourth-order valence-corrected chi connectivity index (χ4v) is 4.58. The third-order valence-corrected chi connectivity index (χ3v) is 6.52. The number of carbonyl (C=O) groups excluding carboxylic acids is 1. The molecule has 8 nitrogen and oxygen atoms in total. The molecule has 204 valence electrons. The van der Waals surface area contributed by atoms with Gasteiger partial charge in [0.05, 0.1) is 31.3 Å². The minimum Gasteiger partial charge on any atom is -0.494 e. The van der Waals surface area contributed by atoms with Gasteiger partial charge in [0.25, 0.3) is 0 Å². The number of carbonyl (C=O) groups is 1. The zero-order valence-electron chi connectivity index (χ0n) is 22.1. The molecule has 38 heavy (non-hydrogen) atoms. The average Bonchev–Trinajstić information content (AvgIpc) is 2.84. The second-order valence-corrected chi connectivity index (χ2v) is 10.8. The van der Waals surface area contributed by atoms with Crippen molar-refractivity contribution >= 4 is 11.8 Å². The maximum Gasteiger partial charge on any atom is 0.410 e. The van der Waals surface area contributed by atoms with Crippen LogP contribution in [0.4, 0.5) is 19.3 Å². The van der Waals surface area contributed by atoms with Gasteiger partial charge in [0.1, 0.15) is 17.5 Å². The van der Waals surface area contributed by atoms with Gasteiger partial charge in [-0.1, -0.05) is 6.07 Å². The van der Waals surface area contributed by atoms with Crippen molar-refractivity contribution in [1.29, 1.82) is 5.26 Å². The lowest BCUT2D eigenvalue weighted by molar-refractivity contribution is -0.254. The molecule has 1 amide bonds. The third-order valence-electron chi connectivity index (χ3n) is 6.52. The Morgan fingerprint density at radius 1 is 1.16 bits per heavy atom. The third kappa shape index (κ3) is 6.52. The zero-order chi connectivity index (χ0) is 27.5. The average molecular weight is 530 g/mol. The summed E-state index contributed by atoms with van der Waals surface area (Å²) < 4.78 is 51.1. The second-order valence-electron chi connectivity index (χ2n) is 10.8. The first-order chi connectivity index (χ1) is 18.0. The van der Waals surface area contributed by atoms with E-state index < -0.39 is 23.5 Å². The van der Waals surface area contributed by atoms with Gasteiger partial charge in [-0.3, -0.25) is 0 Å². The summed E-state index contributed by atoms with van der Waals surface area (Å²) in [6, 6.07) is 10.9. The van der Waals surface area contributed by atoms with E-state index in [2.05, 4.69) is 0 Å². The van der Waals surface area contributed by atoms with Crippen LogP contribution in [0.3, 0.4) is 0 Å². The number of halogens is 2. The normalized spacial score (nSPS) is 17.0. The van der Waals surface area contributed by atoms with Crippen LogP contribution in [0.1, 0.15) is 38.3 Å². The highest BCUT2D eigenvalue weighted by Crippen LogP contribution is 2.36. The molecule has 0 saturated carbocycles. The van der Waals surface area contributed by atoms with Gasteiger partial charge in [-0.25, -0.2) is 13.6 Å². The Hall–Kier alpha value is -3.42.